The Hall–Kier alpha value is -1.55. The summed E-state index contributed by atoms with van der Waals surface area (Å²) < 4.78 is 5.24. The van der Waals surface area contributed by atoms with Crippen LogP contribution in [0.1, 0.15) is 45.1 Å². The minimum atomic E-state index is -0.774. The SMILES string of the molecule is C[C@H](OC(=O)Cc1ccc(Cl)cc1)C(=O)N[C@@H]1CCCC[C@H]1C. The van der Waals surface area contributed by atoms with Crippen LogP contribution in [0.3, 0.4) is 0 Å². The van der Waals surface area contributed by atoms with E-state index in [0.29, 0.717) is 10.9 Å². The lowest BCUT2D eigenvalue weighted by molar-refractivity contribution is -0.154. The van der Waals surface area contributed by atoms with E-state index >= 15 is 0 Å². The number of hydrogen-bond donors (Lipinski definition) is 1. The maximum atomic E-state index is 12.2. The summed E-state index contributed by atoms with van der Waals surface area (Å²) >= 11 is 5.81. The summed E-state index contributed by atoms with van der Waals surface area (Å²) in [5, 5.41) is 3.63. The van der Waals surface area contributed by atoms with Gasteiger partial charge in [0.1, 0.15) is 0 Å². The predicted octanol–water partition coefficient (Wildman–Crippen LogP) is 3.51. The Morgan fingerprint density at radius 2 is 1.91 bits per heavy atom. The van der Waals surface area contributed by atoms with Gasteiger partial charge in [0.25, 0.3) is 5.91 Å². The number of ether oxygens (including phenoxy) is 1. The second-order valence-electron chi connectivity index (χ2n) is 6.31. The lowest BCUT2D eigenvalue weighted by Crippen LogP contribution is -2.46. The van der Waals surface area contributed by atoms with Crippen LogP contribution >= 0.6 is 11.6 Å². The van der Waals surface area contributed by atoms with Gasteiger partial charge in [0.05, 0.1) is 6.42 Å². The van der Waals surface area contributed by atoms with Gasteiger partial charge in [-0.25, -0.2) is 0 Å². The van der Waals surface area contributed by atoms with Crippen molar-refractivity contribution in [2.24, 2.45) is 5.92 Å². The second kappa shape index (κ2) is 8.34. The molecule has 0 aliphatic heterocycles. The third-order valence-electron chi connectivity index (χ3n) is 4.38. The van der Waals surface area contributed by atoms with Crippen LogP contribution < -0.4 is 5.32 Å². The standard InChI is InChI=1S/C18H24ClNO3/c1-12-5-3-4-6-16(12)20-18(22)13(2)23-17(21)11-14-7-9-15(19)10-8-14/h7-10,12-13,16H,3-6,11H2,1-2H3,(H,20,22)/t12-,13+,16-/m1/s1. The maximum absolute atomic E-state index is 12.2. The first-order chi connectivity index (χ1) is 11.0. The molecule has 1 fully saturated rings. The second-order valence-corrected chi connectivity index (χ2v) is 6.75. The summed E-state index contributed by atoms with van der Waals surface area (Å²) in [7, 11) is 0. The summed E-state index contributed by atoms with van der Waals surface area (Å²) in [6.07, 6.45) is 3.85. The molecule has 3 atom stereocenters. The van der Waals surface area contributed by atoms with Gasteiger partial charge in [-0.3, -0.25) is 9.59 Å². The largest absolute Gasteiger partial charge is 0.452 e. The molecule has 1 N–H and O–H groups in total. The monoisotopic (exact) mass is 337 g/mol. The molecule has 1 amide bonds. The number of nitrogens with one attached hydrogen (secondary N) is 1. The summed E-state index contributed by atoms with van der Waals surface area (Å²) in [4.78, 5) is 24.1. The van der Waals surface area contributed by atoms with Gasteiger partial charge >= 0.3 is 5.97 Å². The van der Waals surface area contributed by atoms with Gasteiger partial charge in [0.2, 0.25) is 0 Å². The van der Waals surface area contributed by atoms with Crippen molar-refractivity contribution in [1.29, 1.82) is 0 Å². The van der Waals surface area contributed by atoms with Crippen molar-refractivity contribution in [1.82, 2.24) is 5.32 Å². The molecule has 0 unspecified atom stereocenters. The van der Waals surface area contributed by atoms with Gasteiger partial charge in [-0.15, -0.1) is 0 Å². The summed E-state index contributed by atoms with van der Waals surface area (Å²) in [5.41, 5.74) is 0.813. The van der Waals surface area contributed by atoms with E-state index in [1.807, 2.05) is 0 Å². The number of halogens is 1. The molecule has 1 aliphatic carbocycles. The fraction of sp³-hybridized carbons (Fsp3) is 0.556. The Labute approximate surface area is 142 Å². The van der Waals surface area contributed by atoms with Crippen molar-refractivity contribution in [3.63, 3.8) is 0 Å². The third-order valence-corrected chi connectivity index (χ3v) is 4.63. The molecule has 2 rings (SSSR count). The Kier molecular flexibility index (Phi) is 6.46. The molecule has 1 aliphatic rings. The third kappa shape index (κ3) is 5.54. The molecular formula is C18H24ClNO3. The Balaban J connectivity index is 1.80. The zero-order valence-electron chi connectivity index (χ0n) is 13.7. The molecule has 1 aromatic rings. The molecule has 23 heavy (non-hydrogen) atoms. The molecule has 0 spiro atoms. The van der Waals surface area contributed by atoms with Crippen molar-refractivity contribution in [2.45, 2.75) is 58.1 Å². The van der Waals surface area contributed by atoms with Crippen LogP contribution in [0.15, 0.2) is 24.3 Å². The molecule has 5 heteroatoms. The molecule has 0 radical (unpaired) electrons. The molecule has 0 aromatic heterocycles. The smallest absolute Gasteiger partial charge is 0.311 e. The van der Waals surface area contributed by atoms with Crippen molar-refractivity contribution < 1.29 is 14.3 Å². The molecule has 0 saturated heterocycles. The molecule has 1 saturated carbocycles. The van der Waals surface area contributed by atoms with Crippen LogP contribution in [0, 0.1) is 5.92 Å². The van der Waals surface area contributed by atoms with Gasteiger partial charge in [0.15, 0.2) is 6.10 Å². The molecular weight excluding hydrogens is 314 g/mol. The fourth-order valence-corrected chi connectivity index (χ4v) is 3.02. The highest BCUT2D eigenvalue weighted by atomic mass is 35.5. The highest BCUT2D eigenvalue weighted by molar-refractivity contribution is 6.30. The van der Waals surface area contributed by atoms with Crippen LogP contribution in [0.2, 0.25) is 5.02 Å². The van der Waals surface area contributed by atoms with E-state index in [1.54, 1.807) is 31.2 Å². The summed E-state index contributed by atoms with van der Waals surface area (Å²) in [5.74, 6) is -0.149. The van der Waals surface area contributed by atoms with Gasteiger partial charge < -0.3 is 10.1 Å². The van der Waals surface area contributed by atoms with E-state index in [4.69, 9.17) is 16.3 Å². The number of benzene rings is 1. The summed E-state index contributed by atoms with van der Waals surface area (Å²) in [6.45, 7) is 3.77. The van der Waals surface area contributed by atoms with Crippen molar-refractivity contribution in [3.8, 4) is 0 Å². The minimum Gasteiger partial charge on any atom is -0.452 e. The first-order valence-electron chi connectivity index (χ1n) is 8.20. The number of esters is 1. The topological polar surface area (TPSA) is 55.4 Å². The molecule has 0 bridgehead atoms. The zero-order chi connectivity index (χ0) is 16.8. The van der Waals surface area contributed by atoms with E-state index in [0.717, 1.165) is 24.8 Å². The van der Waals surface area contributed by atoms with Gasteiger partial charge in [-0.2, -0.15) is 0 Å². The molecule has 4 nitrogen and oxygen atoms in total. The highest BCUT2D eigenvalue weighted by Gasteiger charge is 2.26. The molecule has 1 aromatic carbocycles. The van der Waals surface area contributed by atoms with Crippen LogP contribution in [-0.4, -0.2) is 24.0 Å². The summed E-state index contributed by atoms with van der Waals surface area (Å²) in [6, 6.07) is 7.19. The lowest BCUT2D eigenvalue weighted by Gasteiger charge is -2.30. The lowest BCUT2D eigenvalue weighted by atomic mass is 9.86. The Bertz CT molecular complexity index is 544. The van der Waals surface area contributed by atoms with Gasteiger partial charge in [0, 0.05) is 11.1 Å². The Morgan fingerprint density at radius 1 is 1.26 bits per heavy atom. The van der Waals surface area contributed by atoms with Crippen LogP contribution in [0.25, 0.3) is 0 Å². The highest BCUT2D eigenvalue weighted by Crippen LogP contribution is 2.23. The van der Waals surface area contributed by atoms with Crippen molar-refractivity contribution in [3.05, 3.63) is 34.9 Å². The first kappa shape index (κ1) is 17.8. The minimum absolute atomic E-state index is 0.134. The van der Waals surface area contributed by atoms with Crippen molar-refractivity contribution in [2.75, 3.05) is 0 Å². The zero-order valence-corrected chi connectivity index (χ0v) is 14.4. The number of rotatable bonds is 5. The van der Waals surface area contributed by atoms with E-state index in [1.165, 1.54) is 6.42 Å². The van der Waals surface area contributed by atoms with E-state index in [-0.39, 0.29) is 18.4 Å². The fourth-order valence-electron chi connectivity index (χ4n) is 2.89. The average molecular weight is 338 g/mol. The Morgan fingerprint density at radius 3 is 2.57 bits per heavy atom. The quantitative estimate of drug-likeness (QED) is 0.836. The van der Waals surface area contributed by atoms with Crippen LogP contribution in [0.5, 0.6) is 0 Å². The number of hydrogen-bond acceptors (Lipinski definition) is 3. The van der Waals surface area contributed by atoms with Crippen molar-refractivity contribution >= 4 is 23.5 Å². The van der Waals surface area contributed by atoms with Crippen LogP contribution in [0.4, 0.5) is 0 Å². The van der Waals surface area contributed by atoms with Crippen LogP contribution in [-0.2, 0) is 20.7 Å². The van der Waals surface area contributed by atoms with Gasteiger partial charge in [-0.1, -0.05) is 43.5 Å². The van der Waals surface area contributed by atoms with E-state index in [2.05, 4.69) is 12.2 Å². The number of carbonyl (C=O) groups is 2. The predicted molar refractivity (Wildman–Crippen MR) is 90.3 cm³/mol. The number of amides is 1. The van der Waals surface area contributed by atoms with E-state index < -0.39 is 12.1 Å². The van der Waals surface area contributed by atoms with E-state index in [9.17, 15) is 9.59 Å². The normalized spacial score (nSPS) is 22.2. The molecule has 126 valence electrons. The number of carbonyl (C=O) groups excluding carboxylic acids is 2. The average Bonchev–Trinajstić information content (AvgIpc) is 2.51. The van der Waals surface area contributed by atoms with Gasteiger partial charge in [-0.05, 0) is 43.4 Å². The first-order valence-corrected chi connectivity index (χ1v) is 8.58. The maximum Gasteiger partial charge on any atom is 0.311 e. The molecule has 0 heterocycles.